The number of sulfonamides is 1. The number of nitrogens with one attached hydrogen (secondary N) is 1. The number of carbonyl (C=O) groups is 1. The Morgan fingerprint density at radius 1 is 0.966 bits per heavy atom. The van der Waals surface area contributed by atoms with E-state index in [1.54, 1.807) is 11.9 Å². The highest BCUT2D eigenvalue weighted by Gasteiger charge is 2.18. The van der Waals surface area contributed by atoms with E-state index in [9.17, 15) is 17.6 Å². The third kappa shape index (κ3) is 4.81. The SMILES string of the molecule is Cc1ccccc1CN(C)C(=O)c1ccc(S(=O)(=O)Nc2ccccc2F)cc1. The van der Waals surface area contributed by atoms with Crippen LogP contribution in [-0.2, 0) is 16.6 Å². The Morgan fingerprint density at radius 3 is 2.24 bits per heavy atom. The van der Waals surface area contributed by atoms with Crippen molar-refractivity contribution in [2.45, 2.75) is 18.4 Å². The molecule has 0 unspecified atom stereocenters. The highest BCUT2D eigenvalue weighted by molar-refractivity contribution is 7.92. The number of hydrogen-bond acceptors (Lipinski definition) is 3. The highest BCUT2D eigenvalue weighted by Crippen LogP contribution is 2.20. The summed E-state index contributed by atoms with van der Waals surface area (Å²) in [5.41, 5.74) is 2.36. The number of halogens is 1. The zero-order valence-electron chi connectivity index (χ0n) is 16.1. The number of carbonyl (C=O) groups excluding carboxylic acids is 1. The lowest BCUT2D eigenvalue weighted by atomic mass is 10.1. The van der Waals surface area contributed by atoms with Crippen molar-refractivity contribution in [2.75, 3.05) is 11.8 Å². The molecule has 0 heterocycles. The van der Waals surface area contributed by atoms with E-state index in [-0.39, 0.29) is 16.5 Å². The largest absolute Gasteiger partial charge is 0.337 e. The lowest BCUT2D eigenvalue weighted by Crippen LogP contribution is -2.26. The zero-order valence-corrected chi connectivity index (χ0v) is 16.9. The second-order valence-electron chi connectivity index (χ2n) is 6.70. The van der Waals surface area contributed by atoms with E-state index in [1.165, 1.54) is 48.5 Å². The summed E-state index contributed by atoms with van der Waals surface area (Å²) in [6, 6.07) is 18.9. The quantitative estimate of drug-likeness (QED) is 0.660. The van der Waals surface area contributed by atoms with E-state index in [1.807, 2.05) is 31.2 Å². The fraction of sp³-hybridized carbons (Fsp3) is 0.136. The molecule has 0 aliphatic rings. The third-order valence-electron chi connectivity index (χ3n) is 4.55. The summed E-state index contributed by atoms with van der Waals surface area (Å²) in [4.78, 5) is 14.2. The number of aryl methyl sites for hydroxylation is 1. The molecule has 5 nitrogen and oxygen atoms in total. The number of amides is 1. The number of benzene rings is 3. The Morgan fingerprint density at radius 2 is 1.59 bits per heavy atom. The van der Waals surface area contributed by atoms with Gasteiger partial charge in [-0.1, -0.05) is 36.4 Å². The third-order valence-corrected chi connectivity index (χ3v) is 5.93. The molecule has 0 saturated heterocycles. The molecule has 1 amide bonds. The summed E-state index contributed by atoms with van der Waals surface area (Å²) in [5, 5.41) is 0. The van der Waals surface area contributed by atoms with Crippen molar-refractivity contribution >= 4 is 21.6 Å². The molecule has 0 aliphatic heterocycles. The van der Waals surface area contributed by atoms with Crippen molar-refractivity contribution in [1.29, 1.82) is 0 Å². The van der Waals surface area contributed by atoms with E-state index in [0.29, 0.717) is 12.1 Å². The monoisotopic (exact) mass is 412 g/mol. The minimum Gasteiger partial charge on any atom is -0.337 e. The van der Waals surface area contributed by atoms with Gasteiger partial charge in [0.2, 0.25) is 0 Å². The predicted molar refractivity (Wildman–Crippen MR) is 111 cm³/mol. The van der Waals surface area contributed by atoms with Crippen molar-refractivity contribution < 1.29 is 17.6 Å². The maximum atomic E-state index is 13.7. The highest BCUT2D eigenvalue weighted by atomic mass is 32.2. The lowest BCUT2D eigenvalue weighted by Gasteiger charge is -2.19. The predicted octanol–water partition coefficient (Wildman–Crippen LogP) is 4.21. The van der Waals surface area contributed by atoms with E-state index < -0.39 is 15.8 Å². The number of hydrogen-bond donors (Lipinski definition) is 1. The molecule has 0 aromatic heterocycles. The fourth-order valence-electron chi connectivity index (χ4n) is 2.86. The van der Waals surface area contributed by atoms with Crippen LogP contribution in [0.25, 0.3) is 0 Å². The summed E-state index contributed by atoms with van der Waals surface area (Å²) in [7, 11) is -2.27. The van der Waals surface area contributed by atoms with Crippen molar-refractivity contribution in [1.82, 2.24) is 4.90 Å². The van der Waals surface area contributed by atoms with Crippen molar-refractivity contribution in [2.24, 2.45) is 0 Å². The molecule has 0 spiro atoms. The first-order chi connectivity index (χ1) is 13.8. The van der Waals surface area contributed by atoms with Crippen molar-refractivity contribution in [3.8, 4) is 0 Å². The fourth-order valence-corrected chi connectivity index (χ4v) is 3.93. The molecular weight excluding hydrogens is 391 g/mol. The molecule has 0 fully saturated rings. The summed E-state index contributed by atoms with van der Waals surface area (Å²) in [5.74, 6) is -0.889. The van der Waals surface area contributed by atoms with Crippen LogP contribution in [-0.4, -0.2) is 26.3 Å². The lowest BCUT2D eigenvalue weighted by molar-refractivity contribution is 0.0785. The van der Waals surface area contributed by atoms with Crippen LogP contribution in [0, 0.1) is 12.7 Å². The van der Waals surface area contributed by atoms with Gasteiger partial charge in [-0.15, -0.1) is 0 Å². The van der Waals surface area contributed by atoms with E-state index in [0.717, 1.165) is 11.1 Å². The van der Waals surface area contributed by atoms with Gasteiger partial charge in [-0.3, -0.25) is 9.52 Å². The molecule has 7 heteroatoms. The Bertz CT molecular complexity index is 1130. The van der Waals surface area contributed by atoms with Gasteiger partial charge >= 0.3 is 0 Å². The molecule has 150 valence electrons. The topological polar surface area (TPSA) is 66.5 Å². The Balaban J connectivity index is 1.74. The van der Waals surface area contributed by atoms with Gasteiger partial charge < -0.3 is 4.90 Å². The Hall–Kier alpha value is -3.19. The molecule has 0 saturated carbocycles. The number of anilines is 1. The molecular formula is C22H21FN2O3S. The minimum atomic E-state index is -3.97. The second-order valence-corrected chi connectivity index (χ2v) is 8.38. The number of para-hydroxylation sites is 1. The van der Waals surface area contributed by atoms with Crippen molar-refractivity contribution in [3.05, 3.63) is 95.3 Å². The van der Waals surface area contributed by atoms with Crippen LogP contribution in [0.1, 0.15) is 21.5 Å². The maximum Gasteiger partial charge on any atom is 0.261 e. The van der Waals surface area contributed by atoms with E-state index >= 15 is 0 Å². The molecule has 0 aliphatic carbocycles. The van der Waals surface area contributed by atoms with Crippen LogP contribution in [0.5, 0.6) is 0 Å². The standard InChI is InChI=1S/C22H21FN2O3S/c1-16-7-3-4-8-18(16)15-25(2)22(26)17-11-13-19(14-12-17)29(27,28)24-21-10-6-5-9-20(21)23/h3-14,24H,15H2,1-2H3. The van der Waals surface area contributed by atoms with Gasteiger partial charge in [0.15, 0.2) is 0 Å². The summed E-state index contributed by atoms with van der Waals surface area (Å²) in [6.45, 7) is 2.43. The van der Waals surface area contributed by atoms with Crippen molar-refractivity contribution in [3.63, 3.8) is 0 Å². The van der Waals surface area contributed by atoms with Gasteiger partial charge in [0, 0.05) is 19.2 Å². The van der Waals surface area contributed by atoms with Crippen LogP contribution in [0.4, 0.5) is 10.1 Å². The van der Waals surface area contributed by atoms with Crippen LogP contribution < -0.4 is 4.72 Å². The molecule has 0 bridgehead atoms. The summed E-state index contributed by atoms with van der Waals surface area (Å²) in [6.07, 6.45) is 0. The average molecular weight is 412 g/mol. The molecule has 0 atom stereocenters. The van der Waals surface area contributed by atoms with Crippen LogP contribution in [0.2, 0.25) is 0 Å². The van der Waals surface area contributed by atoms with E-state index in [2.05, 4.69) is 4.72 Å². The summed E-state index contributed by atoms with van der Waals surface area (Å²) >= 11 is 0. The van der Waals surface area contributed by atoms with Crippen LogP contribution >= 0.6 is 0 Å². The van der Waals surface area contributed by atoms with Gasteiger partial charge in [0.25, 0.3) is 15.9 Å². The first-order valence-electron chi connectivity index (χ1n) is 8.95. The molecule has 0 radical (unpaired) electrons. The van der Waals surface area contributed by atoms with Gasteiger partial charge in [-0.2, -0.15) is 0 Å². The van der Waals surface area contributed by atoms with Gasteiger partial charge in [0.1, 0.15) is 5.82 Å². The molecule has 1 N–H and O–H groups in total. The molecule has 3 rings (SSSR count). The molecule has 3 aromatic carbocycles. The minimum absolute atomic E-state index is 0.0566. The Labute approximate surface area is 169 Å². The molecule has 29 heavy (non-hydrogen) atoms. The van der Waals surface area contributed by atoms with E-state index in [4.69, 9.17) is 0 Å². The number of nitrogens with zero attached hydrogens (tertiary/aromatic N) is 1. The second kappa shape index (κ2) is 8.45. The Kier molecular flexibility index (Phi) is 5.98. The smallest absolute Gasteiger partial charge is 0.261 e. The zero-order chi connectivity index (χ0) is 21.0. The normalized spacial score (nSPS) is 11.1. The summed E-state index contributed by atoms with van der Waals surface area (Å²) < 4.78 is 40.9. The van der Waals surface area contributed by atoms with Gasteiger partial charge in [-0.05, 0) is 54.4 Å². The van der Waals surface area contributed by atoms with Crippen LogP contribution in [0.3, 0.4) is 0 Å². The maximum absolute atomic E-state index is 13.7. The molecule has 3 aromatic rings. The average Bonchev–Trinajstić information content (AvgIpc) is 2.71. The first kappa shape index (κ1) is 20.5. The van der Waals surface area contributed by atoms with Gasteiger partial charge in [0.05, 0.1) is 10.6 Å². The number of rotatable bonds is 6. The van der Waals surface area contributed by atoms with Gasteiger partial charge in [-0.25, -0.2) is 12.8 Å². The first-order valence-corrected chi connectivity index (χ1v) is 10.4. The van der Waals surface area contributed by atoms with Crippen LogP contribution in [0.15, 0.2) is 77.7 Å².